The third kappa shape index (κ3) is 2.99. The number of fused-ring (bicyclic) bond motifs is 3. The van der Waals surface area contributed by atoms with Crippen molar-refractivity contribution < 1.29 is 9.34 Å². The van der Waals surface area contributed by atoms with Crippen LogP contribution < -0.4 is 5.56 Å². The lowest BCUT2D eigenvalue weighted by molar-refractivity contribution is -0.402. The number of nitrogens with zero attached hydrogens (tertiary/aromatic N) is 5. The quantitative estimate of drug-likeness (QED) is 0.213. The van der Waals surface area contributed by atoms with Crippen LogP contribution in [0.4, 0.5) is 5.88 Å². The molecule has 0 atom stereocenters. The maximum Gasteiger partial charge on any atom is 0.433 e. The van der Waals surface area contributed by atoms with Gasteiger partial charge in [0, 0.05) is 6.54 Å². The summed E-state index contributed by atoms with van der Waals surface area (Å²) in [6.07, 6.45) is 3.22. The zero-order valence-corrected chi connectivity index (χ0v) is 15.2. The molecule has 0 N–H and O–H groups in total. The summed E-state index contributed by atoms with van der Waals surface area (Å²) in [5.74, 6) is 0.437. The van der Waals surface area contributed by atoms with Crippen LogP contribution >= 0.6 is 11.8 Å². The fraction of sp³-hybridized carbons (Fsp3) is 0.0556. The fourth-order valence-corrected chi connectivity index (χ4v) is 3.49. The minimum atomic E-state index is -0.596. The molecule has 4 rings (SSSR count). The molecule has 0 fully saturated rings. The van der Waals surface area contributed by atoms with Crippen molar-refractivity contribution in [2.24, 2.45) is 0 Å². The van der Waals surface area contributed by atoms with Crippen molar-refractivity contribution in [1.82, 2.24) is 19.2 Å². The number of benzene rings is 1. The Hall–Kier alpha value is -3.66. The summed E-state index contributed by atoms with van der Waals surface area (Å²) in [5, 5.41) is 21.8. The highest BCUT2D eigenvalue weighted by Crippen LogP contribution is 2.24. The molecule has 0 radical (unpaired) electrons. The lowest BCUT2D eigenvalue weighted by atomic mass is 10.2. The predicted molar refractivity (Wildman–Crippen MR) is 105 cm³/mol. The van der Waals surface area contributed by atoms with Crippen molar-refractivity contribution in [1.29, 1.82) is 0 Å². The topological polar surface area (TPSA) is 108 Å². The molecule has 4 aromatic rings. The molecule has 0 aliphatic carbocycles. The maximum atomic E-state index is 12.7. The summed E-state index contributed by atoms with van der Waals surface area (Å²) in [5.41, 5.74) is 0.530. The van der Waals surface area contributed by atoms with Gasteiger partial charge in [-0.25, -0.2) is 0 Å². The summed E-state index contributed by atoms with van der Waals surface area (Å²) in [4.78, 5) is 22.8. The minimum absolute atomic E-state index is 0.162. The monoisotopic (exact) mass is 395 g/mol. The largest absolute Gasteiger partial charge is 0.433 e. The number of nitro groups is 1. The smallest absolute Gasteiger partial charge is 0.401 e. The van der Waals surface area contributed by atoms with Gasteiger partial charge < -0.3 is 4.42 Å². The van der Waals surface area contributed by atoms with Gasteiger partial charge in [-0.1, -0.05) is 30.0 Å². The number of rotatable bonds is 6. The van der Waals surface area contributed by atoms with E-state index in [1.165, 1.54) is 28.5 Å². The molecule has 0 aliphatic rings. The lowest BCUT2D eigenvalue weighted by Crippen LogP contribution is -2.22. The van der Waals surface area contributed by atoms with Gasteiger partial charge in [0.15, 0.2) is 0 Å². The first kappa shape index (κ1) is 17.7. The highest BCUT2D eigenvalue weighted by atomic mass is 32.2. The van der Waals surface area contributed by atoms with Crippen LogP contribution in [0.2, 0.25) is 0 Å². The van der Waals surface area contributed by atoms with Gasteiger partial charge in [-0.15, -0.1) is 16.8 Å². The highest BCUT2D eigenvalue weighted by molar-refractivity contribution is 8.02. The second-order valence-electron chi connectivity index (χ2n) is 5.69. The van der Waals surface area contributed by atoms with Gasteiger partial charge in [0.05, 0.1) is 17.0 Å². The van der Waals surface area contributed by atoms with E-state index < -0.39 is 4.92 Å². The third-order valence-electron chi connectivity index (χ3n) is 3.99. The first-order valence-corrected chi connectivity index (χ1v) is 9.03. The molecule has 0 bridgehead atoms. The number of furan rings is 1. The molecule has 0 amide bonds. The number of para-hydroxylation sites is 1. The number of allylic oxidation sites excluding steroid dienone is 1. The van der Waals surface area contributed by atoms with Crippen LogP contribution in [0.25, 0.3) is 22.8 Å². The molecule has 0 saturated heterocycles. The molecular weight excluding hydrogens is 382 g/mol. The molecule has 0 spiro atoms. The normalized spacial score (nSPS) is 11.6. The van der Waals surface area contributed by atoms with Crippen LogP contribution in [0.1, 0.15) is 5.76 Å². The molecular formula is C18H13N5O4S. The summed E-state index contributed by atoms with van der Waals surface area (Å²) in [6, 6.07) is 10.0. The first-order chi connectivity index (χ1) is 13.6. The third-order valence-corrected chi connectivity index (χ3v) is 4.74. The van der Waals surface area contributed by atoms with Crippen LogP contribution in [-0.4, -0.2) is 24.1 Å². The molecule has 0 unspecified atom stereocenters. The average Bonchev–Trinajstić information content (AvgIpc) is 3.33. The van der Waals surface area contributed by atoms with E-state index in [2.05, 4.69) is 16.8 Å². The van der Waals surface area contributed by atoms with Crippen LogP contribution in [0.15, 0.2) is 68.8 Å². The Morgan fingerprint density at radius 1 is 1.25 bits per heavy atom. The van der Waals surface area contributed by atoms with Gasteiger partial charge in [-0.05, 0) is 29.7 Å². The number of hydrogen-bond acceptors (Lipinski definition) is 7. The Morgan fingerprint density at radius 2 is 2.07 bits per heavy atom. The molecule has 10 heteroatoms. The van der Waals surface area contributed by atoms with Gasteiger partial charge in [-0.2, -0.15) is 0 Å². The van der Waals surface area contributed by atoms with Gasteiger partial charge in [0.2, 0.25) is 10.9 Å². The van der Waals surface area contributed by atoms with Crippen molar-refractivity contribution in [3.05, 3.63) is 80.7 Å². The van der Waals surface area contributed by atoms with E-state index in [0.717, 1.165) is 0 Å². The van der Waals surface area contributed by atoms with Crippen molar-refractivity contribution in [3.63, 3.8) is 0 Å². The van der Waals surface area contributed by atoms with Crippen LogP contribution in [0, 0.1) is 10.1 Å². The van der Waals surface area contributed by atoms with Gasteiger partial charge in [0.1, 0.15) is 10.7 Å². The second-order valence-corrected chi connectivity index (χ2v) is 6.57. The molecule has 28 heavy (non-hydrogen) atoms. The number of aromatic nitrogens is 4. The number of thioether (sulfide) groups is 1. The van der Waals surface area contributed by atoms with E-state index in [0.29, 0.717) is 34.1 Å². The molecule has 0 aliphatic heterocycles. The van der Waals surface area contributed by atoms with Crippen LogP contribution in [0.5, 0.6) is 0 Å². The maximum absolute atomic E-state index is 12.7. The zero-order chi connectivity index (χ0) is 19.7. The molecule has 0 saturated carbocycles. The zero-order valence-electron chi connectivity index (χ0n) is 14.4. The molecule has 140 valence electrons. The lowest BCUT2D eigenvalue weighted by Gasteiger charge is -2.08. The Kier molecular flexibility index (Phi) is 4.53. The van der Waals surface area contributed by atoms with E-state index in [-0.39, 0.29) is 11.4 Å². The summed E-state index contributed by atoms with van der Waals surface area (Å²) in [6.45, 7) is 4.00. The van der Waals surface area contributed by atoms with E-state index in [1.807, 2.05) is 12.1 Å². The van der Waals surface area contributed by atoms with Crippen molar-refractivity contribution in [2.45, 2.75) is 11.7 Å². The van der Waals surface area contributed by atoms with Crippen LogP contribution in [0.3, 0.4) is 0 Å². The number of hydrogen-bond donors (Lipinski definition) is 0. The predicted octanol–water partition coefficient (Wildman–Crippen LogP) is 3.49. The second kappa shape index (κ2) is 7.16. The Labute approximate surface area is 161 Å². The summed E-state index contributed by atoms with van der Waals surface area (Å²) in [7, 11) is 0. The molecule has 1 aromatic carbocycles. The molecule has 3 heterocycles. The summed E-state index contributed by atoms with van der Waals surface area (Å²) >= 11 is 1.25. The van der Waals surface area contributed by atoms with Gasteiger partial charge in [-0.3, -0.25) is 23.9 Å². The summed E-state index contributed by atoms with van der Waals surface area (Å²) < 4.78 is 8.39. The van der Waals surface area contributed by atoms with Gasteiger partial charge in [0.25, 0.3) is 5.56 Å². The fourth-order valence-electron chi connectivity index (χ4n) is 2.80. The van der Waals surface area contributed by atoms with Crippen molar-refractivity contribution in [3.8, 4) is 0 Å². The SMILES string of the molecule is C=CCn1c(=O)c2ccccc2n2c(S/C=C/c3ccc([N+](=O)[O-])o3)nnc12. The highest BCUT2D eigenvalue weighted by Gasteiger charge is 2.15. The molecule has 3 aromatic heterocycles. The minimum Gasteiger partial charge on any atom is -0.401 e. The van der Waals surface area contributed by atoms with Crippen molar-refractivity contribution in [2.75, 3.05) is 0 Å². The van der Waals surface area contributed by atoms with E-state index in [1.54, 1.807) is 34.1 Å². The standard InChI is InChI=1S/C18H13N5O4S/c1-2-10-21-16(24)13-5-3-4-6-14(13)22-17(21)19-20-18(22)28-11-9-12-7-8-15(27-12)23(25)26/h2-9,11H,1,10H2/b11-9+. The van der Waals surface area contributed by atoms with Crippen LogP contribution in [-0.2, 0) is 6.54 Å². The van der Waals surface area contributed by atoms with Crippen molar-refractivity contribution >= 4 is 40.4 Å². The molecule has 9 nitrogen and oxygen atoms in total. The Balaban J connectivity index is 1.77. The van der Waals surface area contributed by atoms with Gasteiger partial charge >= 0.3 is 5.88 Å². The van der Waals surface area contributed by atoms with E-state index in [9.17, 15) is 14.9 Å². The average molecular weight is 395 g/mol. The first-order valence-electron chi connectivity index (χ1n) is 8.15. The van der Waals surface area contributed by atoms with E-state index >= 15 is 0 Å². The van der Waals surface area contributed by atoms with E-state index in [4.69, 9.17) is 4.42 Å². The Bertz CT molecular complexity index is 1300. The Morgan fingerprint density at radius 3 is 2.82 bits per heavy atom.